The van der Waals surface area contributed by atoms with E-state index in [1.165, 1.54) is 11.3 Å². The van der Waals surface area contributed by atoms with E-state index in [2.05, 4.69) is 9.97 Å². The summed E-state index contributed by atoms with van der Waals surface area (Å²) in [6.45, 7) is 0.894. The molecule has 2 aromatic heterocycles. The zero-order valence-electron chi connectivity index (χ0n) is 14.3. The normalized spacial score (nSPS) is 10.5. The summed E-state index contributed by atoms with van der Waals surface area (Å²) in [4.78, 5) is 22.6. The van der Waals surface area contributed by atoms with Crippen molar-refractivity contribution in [3.05, 3.63) is 64.9 Å². The fourth-order valence-corrected chi connectivity index (χ4v) is 3.27. The van der Waals surface area contributed by atoms with Crippen molar-refractivity contribution in [3.8, 4) is 16.3 Å². The first-order valence-corrected chi connectivity index (χ1v) is 9.35. The number of halogens is 1. The van der Waals surface area contributed by atoms with E-state index in [-0.39, 0.29) is 12.3 Å². The van der Waals surface area contributed by atoms with Crippen molar-refractivity contribution in [2.45, 2.75) is 6.42 Å². The fourth-order valence-electron chi connectivity index (χ4n) is 2.28. The number of carbonyl (C=O) groups excluding carboxylic acids is 1. The highest BCUT2D eigenvalue weighted by Gasteiger charge is 2.13. The second-order valence-electron chi connectivity index (χ2n) is 5.68. The molecule has 2 heterocycles. The second-order valence-corrected chi connectivity index (χ2v) is 6.98. The van der Waals surface area contributed by atoms with Gasteiger partial charge < -0.3 is 9.64 Å². The number of benzene rings is 1. The molecule has 0 aliphatic rings. The third kappa shape index (κ3) is 5.03. The second kappa shape index (κ2) is 8.78. The summed E-state index contributed by atoms with van der Waals surface area (Å²) in [5.41, 5.74) is 1.72. The molecule has 0 aliphatic heterocycles. The van der Waals surface area contributed by atoms with Gasteiger partial charge in [-0.15, -0.1) is 11.3 Å². The van der Waals surface area contributed by atoms with Crippen LogP contribution >= 0.6 is 22.9 Å². The average Bonchev–Trinajstić information content (AvgIpc) is 3.11. The van der Waals surface area contributed by atoms with Crippen molar-refractivity contribution < 1.29 is 9.53 Å². The monoisotopic (exact) mass is 387 g/mol. The van der Waals surface area contributed by atoms with Crippen molar-refractivity contribution in [1.82, 2.24) is 14.9 Å². The molecule has 26 heavy (non-hydrogen) atoms. The van der Waals surface area contributed by atoms with Gasteiger partial charge in [0, 0.05) is 35.4 Å². The molecule has 0 radical (unpaired) electrons. The van der Waals surface area contributed by atoms with Crippen LogP contribution in [-0.4, -0.2) is 41.0 Å². The zero-order valence-corrected chi connectivity index (χ0v) is 15.8. The van der Waals surface area contributed by atoms with Crippen molar-refractivity contribution in [3.63, 3.8) is 0 Å². The van der Waals surface area contributed by atoms with Crippen molar-refractivity contribution in [2.24, 2.45) is 0 Å². The quantitative estimate of drug-likeness (QED) is 0.616. The van der Waals surface area contributed by atoms with E-state index in [4.69, 9.17) is 16.3 Å². The SMILES string of the molecule is CN(CCOc1cccc(Cl)c1)C(=O)Cc1csc(-c2cccnc2)n1. The Morgan fingerprint density at radius 2 is 2.19 bits per heavy atom. The van der Waals surface area contributed by atoms with E-state index in [0.29, 0.717) is 23.9 Å². The van der Waals surface area contributed by atoms with Crippen molar-refractivity contribution in [2.75, 3.05) is 20.2 Å². The van der Waals surface area contributed by atoms with Gasteiger partial charge in [0.05, 0.1) is 18.7 Å². The van der Waals surface area contributed by atoms with Crippen LogP contribution in [0.5, 0.6) is 5.75 Å². The molecule has 7 heteroatoms. The van der Waals surface area contributed by atoms with E-state index in [1.807, 2.05) is 29.6 Å². The van der Waals surface area contributed by atoms with Gasteiger partial charge in [-0.2, -0.15) is 0 Å². The number of nitrogens with zero attached hydrogens (tertiary/aromatic N) is 3. The van der Waals surface area contributed by atoms with Crippen LogP contribution in [0, 0.1) is 0 Å². The molecule has 0 bridgehead atoms. The molecule has 0 unspecified atom stereocenters. The van der Waals surface area contributed by atoms with E-state index >= 15 is 0 Å². The number of thiazole rings is 1. The van der Waals surface area contributed by atoms with E-state index in [1.54, 1.807) is 36.5 Å². The summed E-state index contributed by atoms with van der Waals surface area (Å²) >= 11 is 7.43. The van der Waals surface area contributed by atoms with Gasteiger partial charge in [0.15, 0.2) is 0 Å². The predicted octanol–water partition coefficient (Wildman–Crippen LogP) is 3.94. The minimum atomic E-state index is 0.00253. The first-order valence-electron chi connectivity index (χ1n) is 8.09. The van der Waals surface area contributed by atoms with Gasteiger partial charge in [0.2, 0.25) is 5.91 Å². The third-order valence-corrected chi connectivity index (χ3v) is 4.89. The van der Waals surface area contributed by atoms with E-state index in [9.17, 15) is 4.79 Å². The Morgan fingerprint density at radius 3 is 2.96 bits per heavy atom. The largest absolute Gasteiger partial charge is 0.492 e. The highest BCUT2D eigenvalue weighted by molar-refractivity contribution is 7.13. The van der Waals surface area contributed by atoms with Crippen LogP contribution < -0.4 is 4.74 Å². The molecular weight excluding hydrogens is 370 g/mol. The number of rotatable bonds is 7. The standard InChI is InChI=1S/C19H18ClN3O2S/c1-23(8-9-25-17-6-2-5-15(20)10-17)18(24)11-16-13-26-19(22-16)14-4-3-7-21-12-14/h2-7,10,12-13H,8-9,11H2,1H3. The maximum atomic E-state index is 12.4. The van der Waals surface area contributed by atoms with E-state index in [0.717, 1.165) is 16.3 Å². The van der Waals surface area contributed by atoms with Gasteiger partial charge in [0.25, 0.3) is 0 Å². The highest BCUT2D eigenvalue weighted by Crippen LogP contribution is 2.23. The highest BCUT2D eigenvalue weighted by atomic mass is 35.5. The average molecular weight is 388 g/mol. The van der Waals surface area contributed by atoms with Crippen molar-refractivity contribution >= 4 is 28.8 Å². The summed E-state index contributed by atoms with van der Waals surface area (Å²) < 4.78 is 5.62. The number of pyridine rings is 1. The van der Waals surface area contributed by atoms with Gasteiger partial charge in [-0.3, -0.25) is 9.78 Å². The number of hydrogen-bond donors (Lipinski definition) is 0. The topological polar surface area (TPSA) is 55.3 Å². The van der Waals surface area contributed by atoms with Crippen LogP contribution in [0.4, 0.5) is 0 Å². The number of aromatic nitrogens is 2. The van der Waals surface area contributed by atoms with Crippen LogP contribution in [-0.2, 0) is 11.2 Å². The lowest BCUT2D eigenvalue weighted by Crippen LogP contribution is -2.32. The molecule has 0 saturated heterocycles. The van der Waals surface area contributed by atoms with Crippen LogP contribution in [0.3, 0.4) is 0 Å². The summed E-state index contributed by atoms with van der Waals surface area (Å²) in [6.07, 6.45) is 3.76. The molecule has 0 spiro atoms. The number of carbonyl (C=O) groups is 1. The van der Waals surface area contributed by atoms with Crippen LogP contribution in [0.15, 0.2) is 54.2 Å². The molecule has 0 atom stereocenters. The Morgan fingerprint density at radius 1 is 1.31 bits per heavy atom. The Balaban J connectivity index is 1.49. The molecule has 3 rings (SSSR count). The van der Waals surface area contributed by atoms with Crippen LogP contribution in [0.25, 0.3) is 10.6 Å². The minimum absolute atomic E-state index is 0.00253. The lowest BCUT2D eigenvalue weighted by atomic mass is 10.3. The molecule has 0 fully saturated rings. The number of hydrogen-bond acceptors (Lipinski definition) is 5. The molecule has 0 N–H and O–H groups in total. The molecule has 134 valence electrons. The van der Waals surface area contributed by atoms with Crippen molar-refractivity contribution in [1.29, 1.82) is 0 Å². The summed E-state index contributed by atoms with van der Waals surface area (Å²) in [5.74, 6) is 0.696. The zero-order chi connectivity index (χ0) is 18.4. The van der Waals surface area contributed by atoms with Gasteiger partial charge in [0.1, 0.15) is 17.4 Å². The number of amides is 1. The molecular formula is C19H18ClN3O2S. The first kappa shape index (κ1) is 18.4. The Hall–Kier alpha value is -2.44. The first-order chi connectivity index (χ1) is 12.6. The molecule has 1 aromatic carbocycles. The van der Waals surface area contributed by atoms with Gasteiger partial charge in [-0.05, 0) is 30.3 Å². The van der Waals surface area contributed by atoms with E-state index < -0.39 is 0 Å². The summed E-state index contributed by atoms with van der Waals surface area (Å²) in [7, 11) is 1.76. The lowest BCUT2D eigenvalue weighted by Gasteiger charge is -2.17. The number of likely N-dealkylation sites (N-methyl/N-ethyl adjacent to an activating group) is 1. The third-order valence-electron chi connectivity index (χ3n) is 3.71. The van der Waals surface area contributed by atoms with Crippen LogP contribution in [0.1, 0.15) is 5.69 Å². The maximum Gasteiger partial charge on any atom is 0.228 e. The summed E-state index contributed by atoms with van der Waals surface area (Å²) in [5, 5.41) is 3.41. The van der Waals surface area contributed by atoms with Crippen LogP contribution in [0.2, 0.25) is 5.02 Å². The summed E-state index contributed by atoms with van der Waals surface area (Å²) in [6, 6.07) is 11.0. The lowest BCUT2D eigenvalue weighted by molar-refractivity contribution is -0.129. The molecule has 0 aliphatic carbocycles. The fraction of sp³-hybridized carbons (Fsp3) is 0.211. The van der Waals surface area contributed by atoms with Gasteiger partial charge >= 0.3 is 0 Å². The Bertz CT molecular complexity index is 870. The molecule has 0 saturated carbocycles. The predicted molar refractivity (Wildman–Crippen MR) is 104 cm³/mol. The maximum absolute atomic E-state index is 12.4. The van der Waals surface area contributed by atoms with Gasteiger partial charge in [-0.25, -0.2) is 4.98 Å². The smallest absolute Gasteiger partial charge is 0.228 e. The Labute approximate surface area is 161 Å². The Kier molecular flexibility index (Phi) is 6.20. The van der Waals surface area contributed by atoms with Gasteiger partial charge in [-0.1, -0.05) is 17.7 Å². The number of ether oxygens (including phenoxy) is 1. The minimum Gasteiger partial charge on any atom is -0.492 e. The molecule has 1 amide bonds. The molecule has 5 nitrogen and oxygen atoms in total. The molecule has 3 aromatic rings.